The molecule has 0 radical (unpaired) electrons. The summed E-state index contributed by atoms with van der Waals surface area (Å²) < 4.78 is 7.22. The van der Waals surface area contributed by atoms with E-state index in [4.69, 9.17) is 4.74 Å². The molecule has 1 heterocycles. The van der Waals surface area contributed by atoms with E-state index < -0.39 is 0 Å². The maximum atomic E-state index is 11.9. The molecular weight excluding hydrogens is 216 g/mol. The van der Waals surface area contributed by atoms with Crippen LogP contribution in [-0.2, 0) is 11.8 Å². The van der Waals surface area contributed by atoms with Crippen molar-refractivity contribution in [3.63, 3.8) is 0 Å². The fraction of sp³-hybridized carbons (Fsp3) is 0.692. The third kappa shape index (κ3) is 2.87. The first kappa shape index (κ1) is 12.1. The van der Waals surface area contributed by atoms with E-state index in [1.807, 2.05) is 0 Å². The zero-order valence-corrected chi connectivity index (χ0v) is 10.6. The van der Waals surface area contributed by atoms with Crippen LogP contribution in [-0.4, -0.2) is 21.9 Å². The topological polar surface area (TPSA) is 44.1 Å². The Morgan fingerprint density at radius 1 is 1.53 bits per heavy atom. The van der Waals surface area contributed by atoms with Gasteiger partial charge in [0.25, 0.3) is 0 Å². The van der Waals surface area contributed by atoms with Crippen molar-refractivity contribution in [3.05, 3.63) is 18.0 Å². The molecule has 17 heavy (non-hydrogen) atoms. The molecule has 1 aromatic heterocycles. The first-order valence-electron chi connectivity index (χ1n) is 6.40. The maximum absolute atomic E-state index is 11.9. The van der Waals surface area contributed by atoms with Crippen LogP contribution in [0.15, 0.2) is 12.4 Å². The molecule has 0 aromatic carbocycles. The number of ether oxygens (including phenoxy) is 1. The summed E-state index contributed by atoms with van der Waals surface area (Å²) in [6, 6.07) is 0. The lowest BCUT2D eigenvalue weighted by Crippen LogP contribution is -2.29. The van der Waals surface area contributed by atoms with Crippen LogP contribution in [0.1, 0.15) is 49.4 Å². The van der Waals surface area contributed by atoms with E-state index in [9.17, 15) is 4.79 Å². The Bertz CT molecular complexity index is 387. The minimum absolute atomic E-state index is 0.0986. The van der Waals surface area contributed by atoms with Gasteiger partial charge >= 0.3 is 5.97 Å². The van der Waals surface area contributed by atoms with Gasteiger partial charge in [0.05, 0.1) is 11.8 Å². The zero-order chi connectivity index (χ0) is 12.3. The second kappa shape index (κ2) is 5.34. The number of nitrogens with zero attached hydrogens (tertiary/aromatic N) is 2. The SMILES string of the molecule is CCC1CCCCC1OC(=O)c1cnn(C)c1. The van der Waals surface area contributed by atoms with E-state index in [0.29, 0.717) is 11.5 Å². The molecule has 4 nitrogen and oxygen atoms in total. The van der Waals surface area contributed by atoms with Crippen molar-refractivity contribution in [1.82, 2.24) is 9.78 Å². The maximum Gasteiger partial charge on any atom is 0.341 e. The molecular formula is C13H20N2O2. The van der Waals surface area contributed by atoms with Crippen LogP contribution in [0.2, 0.25) is 0 Å². The molecule has 4 heteroatoms. The van der Waals surface area contributed by atoms with Crippen LogP contribution in [0.25, 0.3) is 0 Å². The quantitative estimate of drug-likeness (QED) is 0.757. The Hall–Kier alpha value is -1.32. The van der Waals surface area contributed by atoms with Gasteiger partial charge in [-0.3, -0.25) is 4.68 Å². The molecule has 1 fully saturated rings. The van der Waals surface area contributed by atoms with Gasteiger partial charge in [0.15, 0.2) is 0 Å². The fourth-order valence-electron chi connectivity index (χ4n) is 2.53. The van der Waals surface area contributed by atoms with Crippen molar-refractivity contribution in [2.45, 2.75) is 45.1 Å². The molecule has 0 N–H and O–H groups in total. The molecule has 1 aliphatic carbocycles. The van der Waals surface area contributed by atoms with Gasteiger partial charge < -0.3 is 4.74 Å². The van der Waals surface area contributed by atoms with Crippen molar-refractivity contribution in [1.29, 1.82) is 0 Å². The van der Waals surface area contributed by atoms with Crippen LogP contribution in [0, 0.1) is 5.92 Å². The molecule has 0 bridgehead atoms. The van der Waals surface area contributed by atoms with Gasteiger partial charge in [-0.1, -0.05) is 13.3 Å². The van der Waals surface area contributed by atoms with Crippen LogP contribution in [0.5, 0.6) is 0 Å². The van der Waals surface area contributed by atoms with Crippen LogP contribution < -0.4 is 0 Å². The van der Waals surface area contributed by atoms with Gasteiger partial charge in [0, 0.05) is 13.2 Å². The summed E-state index contributed by atoms with van der Waals surface area (Å²) in [4.78, 5) is 11.9. The fourth-order valence-corrected chi connectivity index (χ4v) is 2.53. The predicted molar refractivity (Wildman–Crippen MR) is 64.7 cm³/mol. The monoisotopic (exact) mass is 236 g/mol. The Kier molecular flexibility index (Phi) is 3.82. The third-order valence-electron chi connectivity index (χ3n) is 3.56. The zero-order valence-electron chi connectivity index (χ0n) is 10.6. The molecule has 2 unspecified atom stereocenters. The largest absolute Gasteiger partial charge is 0.458 e. The predicted octanol–water partition coefficient (Wildman–Crippen LogP) is 2.55. The van der Waals surface area contributed by atoms with E-state index in [0.717, 1.165) is 12.8 Å². The number of hydrogen-bond donors (Lipinski definition) is 0. The molecule has 0 saturated heterocycles. The lowest BCUT2D eigenvalue weighted by atomic mass is 9.85. The molecule has 0 amide bonds. The number of aromatic nitrogens is 2. The summed E-state index contributed by atoms with van der Waals surface area (Å²) in [7, 11) is 1.80. The first-order valence-corrected chi connectivity index (χ1v) is 6.40. The average Bonchev–Trinajstić information content (AvgIpc) is 2.77. The molecule has 1 aliphatic rings. The van der Waals surface area contributed by atoms with E-state index >= 15 is 0 Å². The summed E-state index contributed by atoms with van der Waals surface area (Å²) in [5.41, 5.74) is 0.549. The van der Waals surface area contributed by atoms with E-state index in [1.54, 1.807) is 24.1 Å². The minimum Gasteiger partial charge on any atom is -0.458 e. The highest BCUT2D eigenvalue weighted by molar-refractivity contribution is 5.88. The Morgan fingerprint density at radius 3 is 2.94 bits per heavy atom. The van der Waals surface area contributed by atoms with Crippen molar-refractivity contribution in [2.75, 3.05) is 0 Å². The summed E-state index contributed by atoms with van der Waals surface area (Å²) in [5.74, 6) is 0.299. The van der Waals surface area contributed by atoms with Crippen LogP contribution in [0.4, 0.5) is 0 Å². The highest BCUT2D eigenvalue weighted by atomic mass is 16.5. The Balaban J connectivity index is 1.97. The van der Waals surface area contributed by atoms with Crippen molar-refractivity contribution >= 4 is 5.97 Å². The first-order chi connectivity index (χ1) is 8.20. The van der Waals surface area contributed by atoms with Gasteiger partial charge in [-0.15, -0.1) is 0 Å². The second-order valence-electron chi connectivity index (χ2n) is 4.80. The lowest BCUT2D eigenvalue weighted by molar-refractivity contribution is 0.000702. The highest BCUT2D eigenvalue weighted by Crippen LogP contribution is 2.29. The van der Waals surface area contributed by atoms with E-state index in [2.05, 4.69) is 12.0 Å². The average molecular weight is 236 g/mol. The summed E-state index contributed by atoms with van der Waals surface area (Å²) in [6.07, 6.45) is 9.07. The van der Waals surface area contributed by atoms with Crippen LogP contribution >= 0.6 is 0 Å². The van der Waals surface area contributed by atoms with Gasteiger partial charge in [-0.25, -0.2) is 4.79 Å². The van der Waals surface area contributed by atoms with Gasteiger partial charge in [0.1, 0.15) is 6.10 Å². The molecule has 2 atom stereocenters. The smallest absolute Gasteiger partial charge is 0.341 e. The molecule has 1 aromatic rings. The number of rotatable bonds is 3. The molecule has 1 saturated carbocycles. The third-order valence-corrected chi connectivity index (χ3v) is 3.56. The van der Waals surface area contributed by atoms with Gasteiger partial charge in [-0.2, -0.15) is 5.10 Å². The normalized spacial score (nSPS) is 24.6. The van der Waals surface area contributed by atoms with Crippen molar-refractivity contribution in [2.24, 2.45) is 13.0 Å². The van der Waals surface area contributed by atoms with Crippen molar-refractivity contribution < 1.29 is 9.53 Å². The molecule has 0 spiro atoms. The second-order valence-corrected chi connectivity index (χ2v) is 4.80. The van der Waals surface area contributed by atoms with E-state index in [1.165, 1.54) is 19.3 Å². The molecule has 2 rings (SSSR count). The number of esters is 1. The number of hydrogen-bond acceptors (Lipinski definition) is 3. The number of carbonyl (C=O) groups is 1. The number of aryl methyl sites for hydroxylation is 1. The number of carbonyl (C=O) groups excluding carboxylic acids is 1. The standard InChI is InChI=1S/C13H20N2O2/c1-3-10-6-4-5-7-12(10)17-13(16)11-8-14-15(2)9-11/h8-10,12H,3-7H2,1-2H3. The van der Waals surface area contributed by atoms with Crippen molar-refractivity contribution in [3.8, 4) is 0 Å². The minimum atomic E-state index is -0.233. The molecule has 94 valence electrons. The summed E-state index contributed by atoms with van der Waals surface area (Å²) in [5, 5.41) is 3.99. The van der Waals surface area contributed by atoms with Crippen LogP contribution in [0.3, 0.4) is 0 Å². The van der Waals surface area contributed by atoms with E-state index in [-0.39, 0.29) is 12.1 Å². The summed E-state index contributed by atoms with van der Waals surface area (Å²) >= 11 is 0. The van der Waals surface area contributed by atoms with Gasteiger partial charge in [0.2, 0.25) is 0 Å². The Labute approximate surface area is 102 Å². The van der Waals surface area contributed by atoms with Gasteiger partial charge in [-0.05, 0) is 31.6 Å². The lowest BCUT2D eigenvalue weighted by Gasteiger charge is -2.30. The highest BCUT2D eigenvalue weighted by Gasteiger charge is 2.27. The Morgan fingerprint density at radius 2 is 2.29 bits per heavy atom. The molecule has 0 aliphatic heterocycles. The summed E-state index contributed by atoms with van der Waals surface area (Å²) in [6.45, 7) is 2.17.